The quantitative estimate of drug-likeness (QED) is 0.794. The van der Waals surface area contributed by atoms with Gasteiger partial charge >= 0.3 is 0 Å². The normalized spacial score (nSPS) is 12.6. The number of thiophene rings is 1. The zero-order valence-corrected chi connectivity index (χ0v) is 12.7. The van der Waals surface area contributed by atoms with E-state index in [1.54, 1.807) is 0 Å². The third-order valence-corrected chi connectivity index (χ3v) is 4.27. The SMILES string of the molecule is CCCNC(Cc1ccc(Cl)s1)c1ccc(F)cc1F. The summed E-state index contributed by atoms with van der Waals surface area (Å²) in [4.78, 5) is 1.08. The van der Waals surface area contributed by atoms with Crippen molar-refractivity contribution in [1.82, 2.24) is 5.32 Å². The van der Waals surface area contributed by atoms with Gasteiger partial charge < -0.3 is 5.32 Å². The molecule has 0 saturated carbocycles. The van der Waals surface area contributed by atoms with E-state index in [0.717, 1.165) is 23.9 Å². The lowest BCUT2D eigenvalue weighted by Gasteiger charge is -2.19. The van der Waals surface area contributed by atoms with Gasteiger partial charge in [-0.05, 0) is 31.2 Å². The van der Waals surface area contributed by atoms with Crippen LogP contribution in [0.2, 0.25) is 4.34 Å². The Kier molecular flexibility index (Phi) is 5.52. The van der Waals surface area contributed by atoms with Crippen LogP contribution in [0.25, 0.3) is 0 Å². The molecule has 20 heavy (non-hydrogen) atoms. The van der Waals surface area contributed by atoms with Crippen molar-refractivity contribution in [3.63, 3.8) is 0 Å². The first-order valence-electron chi connectivity index (χ1n) is 6.52. The van der Waals surface area contributed by atoms with Crippen molar-refractivity contribution in [3.8, 4) is 0 Å². The van der Waals surface area contributed by atoms with Crippen LogP contribution in [0.15, 0.2) is 30.3 Å². The topological polar surface area (TPSA) is 12.0 Å². The molecule has 0 fully saturated rings. The van der Waals surface area contributed by atoms with Crippen LogP contribution in [0.5, 0.6) is 0 Å². The number of hydrogen-bond acceptors (Lipinski definition) is 2. The molecule has 2 aromatic rings. The summed E-state index contributed by atoms with van der Waals surface area (Å²) >= 11 is 7.40. The van der Waals surface area contributed by atoms with Gasteiger partial charge in [-0.15, -0.1) is 11.3 Å². The first kappa shape index (κ1) is 15.4. The van der Waals surface area contributed by atoms with Crippen LogP contribution in [0.1, 0.15) is 29.8 Å². The fourth-order valence-corrected chi connectivity index (χ4v) is 3.19. The first-order chi connectivity index (χ1) is 9.60. The molecule has 0 aliphatic carbocycles. The van der Waals surface area contributed by atoms with Gasteiger partial charge in [-0.1, -0.05) is 24.6 Å². The molecule has 0 radical (unpaired) electrons. The maximum absolute atomic E-state index is 13.9. The van der Waals surface area contributed by atoms with Gasteiger partial charge in [-0.2, -0.15) is 0 Å². The molecule has 1 heterocycles. The van der Waals surface area contributed by atoms with E-state index in [9.17, 15) is 8.78 Å². The van der Waals surface area contributed by atoms with Crippen LogP contribution in [0, 0.1) is 11.6 Å². The van der Waals surface area contributed by atoms with E-state index in [0.29, 0.717) is 16.3 Å². The minimum atomic E-state index is -0.556. The molecule has 0 aliphatic rings. The highest BCUT2D eigenvalue weighted by atomic mass is 35.5. The zero-order valence-electron chi connectivity index (χ0n) is 11.1. The van der Waals surface area contributed by atoms with Crippen molar-refractivity contribution in [1.29, 1.82) is 0 Å². The van der Waals surface area contributed by atoms with Crippen LogP contribution < -0.4 is 5.32 Å². The summed E-state index contributed by atoms with van der Waals surface area (Å²) in [7, 11) is 0. The van der Waals surface area contributed by atoms with Crippen molar-refractivity contribution in [2.45, 2.75) is 25.8 Å². The average Bonchev–Trinajstić information content (AvgIpc) is 2.80. The Bertz CT molecular complexity index is 571. The lowest BCUT2D eigenvalue weighted by atomic mass is 10.0. The maximum atomic E-state index is 13.9. The summed E-state index contributed by atoms with van der Waals surface area (Å²) in [5.41, 5.74) is 0.490. The summed E-state index contributed by atoms with van der Waals surface area (Å²) in [6.07, 6.45) is 1.59. The van der Waals surface area contributed by atoms with Crippen molar-refractivity contribution in [2.24, 2.45) is 0 Å². The van der Waals surface area contributed by atoms with E-state index in [1.807, 2.05) is 19.1 Å². The molecule has 1 nitrogen and oxygen atoms in total. The fraction of sp³-hybridized carbons (Fsp3) is 0.333. The van der Waals surface area contributed by atoms with Crippen LogP contribution >= 0.6 is 22.9 Å². The summed E-state index contributed by atoms with van der Waals surface area (Å²) in [5, 5.41) is 3.30. The molecule has 108 valence electrons. The van der Waals surface area contributed by atoms with Gasteiger partial charge in [0.05, 0.1) is 4.34 Å². The molecule has 0 bridgehead atoms. The number of hydrogen-bond donors (Lipinski definition) is 1. The second-order valence-corrected chi connectivity index (χ2v) is 6.38. The summed E-state index contributed by atoms with van der Waals surface area (Å²) in [6, 6.07) is 7.32. The Labute approximate surface area is 126 Å². The highest BCUT2D eigenvalue weighted by molar-refractivity contribution is 7.16. The van der Waals surface area contributed by atoms with Gasteiger partial charge in [-0.3, -0.25) is 0 Å². The predicted molar refractivity (Wildman–Crippen MR) is 80.4 cm³/mol. The summed E-state index contributed by atoms with van der Waals surface area (Å²) in [5.74, 6) is -1.07. The van der Waals surface area contributed by atoms with E-state index >= 15 is 0 Å². The number of benzene rings is 1. The summed E-state index contributed by atoms with van der Waals surface area (Å²) in [6.45, 7) is 2.83. The van der Waals surface area contributed by atoms with Gasteiger partial charge in [0, 0.05) is 29.0 Å². The van der Waals surface area contributed by atoms with Crippen molar-refractivity contribution < 1.29 is 8.78 Å². The number of rotatable bonds is 6. The minimum Gasteiger partial charge on any atom is -0.310 e. The molecule has 1 N–H and O–H groups in total. The highest BCUT2D eigenvalue weighted by Gasteiger charge is 2.17. The van der Waals surface area contributed by atoms with Gasteiger partial charge in [0.2, 0.25) is 0 Å². The predicted octanol–water partition coefficient (Wildman–Crippen LogP) is 4.96. The van der Waals surface area contributed by atoms with Gasteiger partial charge in [0.25, 0.3) is 0 Å². The van der Waals surface area contributed by atoms with Gasteiger partial charge in [-0.25, -0.2) is 8.78 Å². The molecule has 1 aromatic carbocycles. The van der Waals surface area contributed by atoms with Gasteiger partial charge in [0.1, 0.15) is 11.6 Å². The fourth-order valence-electron chi connectivity index (χ4n) is 2.06. The van der Waals surface area contributed by atoms with Crippen LogP contribution in [0.3, 0.4) is 0 Å². The number of nitrogens with one attached hydrogen (secondary N) is 1. The second-order valence-electron chi connectivity index (χ2n) is 4.58. The molecule has 2 rings (SSSR count). The molecule has 0 spiro atoms. The smallest absolute Gasteiger partial charge is 0.130 e. The molecule has 1 unspecified atom stereocenters. The van der Waals surface area contributed by atoms with Crippen LogP contribution in [-0.2, 0) is 6.42 Å². The molecule has 0 aliphatic heterocycles. The second kappa shape index (κ2) is 7.16. The minimum absolute atomic E-state index is 0.176. The molecule has 1 atom stereocenters. The molecule has 0 amide bonds. The largest absolute Gasteiger partial charge is 0.310 e. The molecular weight excluding hydrogens is 300 g/mol. The molecule has 5 heteroatoms. The van der Waals surface area contributed by atoms with Crippen LogP contribution in [-0.4, -0.2) is 6.54 Å². The Morgan fingerprint density at radius 3 is 2.65 bits per heavy atom. The van der Waals surface area contributed by atoms with E-state index in [2.05, 4.69) is 5.32 Å². The van der Waals surface area contributed by atoms with E-state index in [-0.39, 0.29) is 6.04 Å². The maximum Gasteiger partial charge on any atom is 0.130 e. The van der Waals surface area contributed by atoms with E-state index in [4.69, 9.17) is 11.6 Å². The average molecular weight is 316 g/mol. The third-order valence-electron chi connectivity index (χ3n) is 3.01. The lowest BCUT2D eigenvalue weighted by molar-refractivity contribution is 0.493. The van der Waals surface area contributed by atoms with Crippen molar-refractivity contribution >= 4 is 22.9 Å². The first-order valence-corrected chi connectivity index (χ1v) is 7.72. The Hall–Kier alpha value is -0.970. The summed E-state index contributed by atoms with van der Waals surface area (Å²) < 4.78 is 27.7. The Morgan fingerprint density at radius 1 is 1.25 bits per heavy atom. The Morgan fingerprint density at radius 2 is 2.05 bits per heavy atom. The monoisotopic (exact) mass is 315 g/mol. The highest BCUT2D eigenvalue weighted by Crippen LogP contribution is 2.28. The Balaban J connectivity index is 2.22. The zero-order chi connectivity index (χ0) is 14.5. The van der Waals surface area contributed by atoms with Crippen LogP contribution in [0.4, 0.5) is 8.78 Å². The standard InChI is InChI=1S/C15H16ClF2NS/c1-2-7-19-14(9-11-4-6-15(16)20-11)12-5-3-10(17)8-13(12)18/h3-6,8,14,19H,2,7,9H2,1H3. The third kappa shape index (κ3) is 4.01. The van der Waals surface area contributed by atoms with E-state index < -0.39 is 11.6 Å². The van der Waals surface area contributed by atoms with Crippen molar-refractivity contribution in [2.75, 3.05) is 6.54 Å². The van der Waals surface area contributed by atoms with Gasteiger partial charge in [0.15, 0.2) is 0 Å². The number of halogens is 3. The molecule has 1 aromatic heterocycles. The molecular formula is C15H16ClF2NS. The lowest BCUT2D eigenvalue weighted by Crippen LogP contribution is -2.24. The molecule has 0 saturated heterocycles. The van der Waals surface area contributed by atoms with E-state index in [1.165, 1.54) is 23.5 Å². The van der Waals surface area contributed by atoms with Crippen molar-refractivity contribution in [3.05, 3.63) is 56.7 Å².